The summed E-state index contributed by atoms with van der Waals surface area (Å²) >= 11 is 0. The molecule has 0 aliphatic carbocycles. The lowest BCUT2D eigenvalue weighted by Gasteiger charge is -2.24. The van der Waals surface area contributed by atoms with Gasteiger partial charge in [-0.1, -0.05) is 26.0 Å². The molecular weight excluding hydrogens is 293 g/mol. The zero-order valence-corrected chi connectivity index (χ0v) is 14.4. The van der Waals surface area contributed by atoms with E-state index in [1.807, 2.05) is 19.1 Å². The van der Waals surface area contributed by atoms with Crippen LogP contribution >= 0.6 is 0 Å². The maximum Gasteiger partial charge on any atom is 0.191 e. The number of ether oxygens (including phenoxy) is 1. The summed E-state index contributed by atoms with van der Waals surface area (Å²) in [7, 11) is 0. The summed E-state index contributed by atoms with van der Waals surface area (Å²) in [5.41, 5.74) is 0.928. The molecule has 128 valence electrons. The molecule has 4 nitrogen and oxygen atoms in total. The third kappa shape index (κ3) is 5.50. The van der Waals surface area contributed by atoms with Gasteiger partial charge >= 0.3 is 0 Å². The lowest BCUT2D eigenvalue weighted by molar-refractivity contribution is 0.114. The van der Waals surface area contributed by atoms with Gasteiger partial charge in [0.1, 0.15) is 5.82 Å². The van der Waals surface area contributed by atoms with E-state index < -0.39 is 0 Å². The van der Waals surface area contributed by atoms with Crippen LogP contribution in [0.25, 0.3) is 0 Å². The predicted molar refractivity (Wildman–Crippen MR) is 92.4 cm³/mol. The van der Waals surface area contributed by atoms with Crippen molar-refractivity contribution in [1.29, 1.82) is 0 Å². The summed E-state index contributed by atoms with van der Waals surface area (Å²) in [5.74, 6) is 0.595. The number of benzene rings is 1. The normalized spacial score (nSPS) is 19.0. The molecular formula is C18H28FN3O. The highest BCUT2D eigenvalue weighted by atomic mass is 19.1. The molecule has 1 unspecified atom stereocenters. The van der Waals surface area contributed by atoms with Crippen molar-refractivity contribution in [2.45, 2.75) is 45.1 Å². The van der Waals surface area contributed by atoms with Gasteiger partial charge in [-0.15, -0.1) is 0 Å². The van der Waals surface area contributed by atoms with E-state index in [-0.39, 0.29) is 17.3 Å². The number of guanidine groups is 1. The average Bonchev–Trinajstić information content (AvgIpc) is 3.04. The third-order valence-electron chi connectivity index (χ3n) is 4.12. The summed E-state index contributed by atoms with van der Waals surface area (Å²) in [6.07, 6.45) is 2.52. The fourth-order valence-corrected chi connectivity index (χ4v) is 2.63. The zero-order chi connectivity index (χ0) is 16.7. The SMILES string of the molecule is CCNC(=NCC(C)(C)c1ccc(F)cc1)NCC1CCCO1. The van der Waals surface area contributed by atoms with Gasteiger partial charge < -0.3 is 15.4 Å². The largest absolute Gasteiger partial charge is 0.376 e. The van der Waals surface area contributed by atoms with Crippen LogP contribution in [-0.2, 0) is 10.2 Å². The standard InChI is InChI=1S/C18H28FN3O/c1-4-20-17(21-12-16-6-5-11-23-16)22-13-18(2,3)14-7-9-15(19)10-8-14/h7-10,16H,4-6,11-13H2,1-3H3,(H2,20,21,22). The molecule has 1 atom stereocenters. The Morgan fingerprint density at radius 2 is 2.04 bits per heavy atom. The van der Waals surface area contributed by atoms with Crippen LogP contribution in [0.5, 0.6) is 0 Å². The van der Waals surface area contributed by atoms with E-state index in [0.29, 0.717) is 6.54 Å². The lowest BCUT2D eigenvalue weighted by Crippen LogP contribution is -2.41. The van der Waals surface area contributed by atoms with Crippen molar-refractivity contribution in [1.82, 2.24) is 10.6 Å². The molecule has 1 fully saturated rings. The molecule has 2 N–H and O–H groups in total. The van der Waals surface area contributed by atoms with Gasteiger partial charge in [-0.3, -0.25) is 4.99 Å². The highest BCUT2D eigenvalue weighted by Crippen LogP contribution is 2.23. The Morgan fingerprint density at radius 3 is 2.65 bits per heavy atom. The van der Waals surface area contributed by atoms with Gasteiger partial charge in [0.15, 0.2) is 5.96 Å². The maximum absolute atomic E-state index is 13.1. The summed E-state index contributed by atoms with van der Waals surface area (Å²) in [6, 6.07) is 6.67. The minimum atomic E-state index is -0.209. The molecule has 0 aromatic heterocycles. The Labute approximate surface area is 138 Å². The van der Waals surface area contributed by atoms with Gasteiger partial charge in [0, 0.05) is 25.1 Å². The highest BCUT2D eigenvalue weighted by molar-refractivity contribution is 5.79. The molecule has 1 aliphatic rings. The molecule has 1 aromatic rings. The summed E-state index contributed by atoms with van der Waals surface area (Å²) in [4.78, 5) is 4.69. The number of hydrogen-bond donors (Lipinski definition) is 2. The van der Waals surface area contributed by atoms with Crippen LogP contribution in [0.2, 0.25) is 0 Å². The highest BCUT2D eigenvalue weighted by Gasteiger charge is 2.21. The number of nitrogens with one attached hydrogen (secondary N) is 2. The van der Waals surface area contributed by atoms with Gasteiger partial charge in [0.25, 0.3) is 0 Å². The summed E-state index contributed by atoms with van der Waals surface area (Å²) < 4.78 is 18.7. The Bertz CT molecular complexity index is 508. The van der Waals surface area contributed by atoms with Crippen LogP contribution in [0.4, 0.5) is 4.39 Å². The van der Waals surface area contributed by atoms with E-state index in [2.05, 4.69) is 24.5 Å². The second-order valence-corrected chi connectivity index (χ2v) is 6.60. The van der Waals surface area contributed by atoms with Crippen molar-refractivity contribution in [3.8, 4) is 0 Å². The fraction of sp³-hybridized carbons (Fsp3) is 0.611. The molecule has 1 heterocycles. The number of nitrogens with zero attached hydrogens (tertiary/aromatic N) is 1. The van der Waals surface area contributed by atoms with Gasteiger partial charge in [-0.2, -0.15) is 0 Å². The minimum absolute atomic E-state index is 0.153. The van der Waals surface area contributed by atoms with Crippen molar-refractivity contribution < 1.29 is 9.13 Å². The molecule has 2 rings (SSSR count). The predicted octanol–water partition coefficient (Wildman–Crippen LogP) is 2.84. The number of aliphatic imine (C=N–C) groups is 1. The monoisotopic (exact) mass is 321 g/mol. The zero-order valence-electron chi connectivity index (χ0n) is 14.4. The third-order valence-corrected chi connectivity index (χ3v) is 4.12. The molecule has 1 aromatic carbocycles. The Balaban J connectivity index is 1.95. The van der Waals surface area contributed by atoms with E-state index in [0.717, 1.165) is 44.1 Å². The molecule has 0 radical (unpaired) electrons. The van der Waals surface area contributed by atoms with E-state index in [4.69, 9.17) is 9.73 Å². The molecule has 23 heavy (non-hydrogen) atoms. The van der Waals surface area contributed by atoms with Crippen molar-refractivity contribution in [2.75, 3.05) is 26.2 Å². The second-order valence-electron chi connectivity index (χ2n) is 6.60. The number of halogens is 1. The first-order chi connectivity index (χ1) is 11.0. The Kier molecular flexibility index (Phi) is 6.39. The molecule has 0 bridgehead atoms. The van der Waals surface area contributed by atoms with Crippen LogP contribution in [0.1, 0.15) is 39.2 Å². The first-order valence-electron chi connectivity index (χ1n) is 8.41. The van der Waals surface area contributed by atoms with E-state index in [1.165, 1.54) is 12.1 Å². The topological polar surface area (TPSA) is 45.7 Å². The van der Waals surface area contributed by atoms with Crippen molar-refractivity contribution in [2.24, 2.45) is 4.99 Å². The molecule has 1 aliphatic heterocycles. The van der Waals surface area contributed by atoms with Crippen LogP contribution in [0.3, 0.4) is 0 Å². The first-order valence-corrected chi connectivity index (χ1v) is 8.41. The quantitative estimate of drug-likeness (QED) is 0.625. The van der Waals surface area contributed by atoms with Gasteiger partial charge in [0.2, 0.25) is 0 Å². The lowest BCUT2D eigenvalue weighted by atomic mass is 9.85. The van der Waals surface area contributed by atoms with E-state index >= 15 is 0 Å². The van der Waals surface area contributed by atoms with Crippen LogP contribution in [-0.4, -0.2) is 38.3 Å². The molecule has 0 saturated carbocycles. The average molecular weight is 321 g/mol. The van der Waals surface area contributed by atoms with Crippen LogP contribution in [0.15, 0.2) is 29.3 Å². The van der Waals surface area contributed by atoms with Crippen LogP contribution < -0.4 is 10.6 Å². The Hall–Kier alpha value is -1.62. The van der Waals surface area contributed by atoms with Gasteiger partial charge in [-0.05, 0) is 37.5 Å². The first kappa shape index (κ1) is 17.7. The van der Waals surface area contributed by atoms with E-state index in [9.17, 15) is 4.39 Å². The van der Waals surface area contributed by atoms with Crippen LogP contribution in [0, 0.1) is 5.82 Å². The Morgan fingerprint density at radius 1 is 1.30 bits per heavy atom. The van der Waals surface area contributed by atoms with Crippen molar-refractivity contribution in [3.63, 3.8) is 0 Å². The van der Waals surface area contributed by atoms with Crippen molar-refractivity contribution in [3.05, 3.63) is 35.6 Å². The molecule has 5 heteroatoms. The summed E-state index contributed by atoms with van der Waals surface area (Å²) in [5, 5.41) is 6.61. The molecule has 0 spiro atoms. The maximum atomic E-state index is 13.1. The van der Waals surface area contributed by atoms with E-state index in [1.54, 1.807) is 0 Å². The number of rotatable bonds is 6. The van der Waals surface area contributed by atoms with Gasteiger partial charge in [-0.25, -0.2) is 4.39 Å². The molecule has 0 amide bonds. The minimum Gasteiger partial charge on any atom is -0.376 e. The molecule has 1 saturated heterocycles. The number of hydrogen-bond acceptors (Lipinski definition) is 2. The smallest absolute Gasteiger partial charge is 0.191 e. The second kappa shape index (κ2) is 8.29. The van der Waals surface area contributed by atoms with Gasteiger partial charge in [0.05, 0.1) is 12.6 Å². The fourth-order valence-electron chi connectivity index (χ4n) is 2.63. The summed E-state index contributed by atoms with van der Waals surface area (Å²) in [6.45, 7) is 9.36. The van der Waals surface area contributed by atoms with Crippen molar-refractivity contribution >= 4 is 5.96 Å².